The molecule has 0 aromatic carbocycles. The lowest BCUT2D eigenvalue weighted by atomic mass is 10.0. The fraction of sp³-hybridized carbons (Fsp3) is 0.500. The molecule has 5 N–H and O–H groups in total. The molecule has 4 heteroatoms. The topological polar surface area (TPSA) is 77.0 Å². The second-order valence-corrected chi connectivity index (χ2v) is 4.02. The van der Waals surface area contributed by atoms with Gasteiger partial charge in [0.05, 0.1) is 11.9 Å². The van der Waals surface area contributed by atoms with Crippen LogP contribution in [0.4, 0.5) is 11.5 Å². The molecule has 0 fully saturated rings. The molecule has 0 aliphatic heterocycles. The van der Waals surface area contributed by atoms with E-state index in [9.17, 15) is 0 Å². The summed E-state index contributed by atoms with van der Waals surface area (Å²) in [6.07, 6.45) is 2.64. The number of aromatic nitrogens is 1. The Morgan fingerprint density at radius 3 is 2.64 bits per heavy atom. The average Bonchev–Trinajstić information content (AvgIpc) is 2.08. The first-order valence-corrected chi connectivity index (χ1v) is 4.73. The molecule has 1 aromatic heterocycles. The smallest absolute Gasteiger partial charge is 0.123 e. The van der Waals surface area contributed by atoms with Crippen LogP contribution in [0.1, 0.15) is 20.3 Å². The molecule has 1 heterocycles. The van der Waals surface area contributed by atoms with E-state index in [-0.39, 0.29) is 5.54 Å². The normalized spacial score (nSPS) is 11.4. The van der Waals surface area contributed by atoms with Crippen molar-refractivity contribution >= 4 is 11.5 Å². The van der Waals surface area contributed by atoms with Crippen molar-refractivity contribution in [3.63, 3.8) is 0 Å². The van der Waals surface area contributed by atoms with E-state index < -0.39 is 0 Å². The van der Waals surface area contributed by atoms with Crippen molar-refractivity contribution in [2.45, 2.75) is 25.8 Å². The maximum Gasteiger partial charge on any atom is 0.123 e. The number of rotatable bonds is 4. The van der Waals surface area contributed by atoms with Gasteiger partial charge in [-0.25, -0.2) is 4.98 Å². The van der Waals surface area contributed by atoms with Crippen LogP contribution in [0.25, 0.3) is 0 Å². The quantitative estimate of drug-likeness (QED) is 0.673. The predicted octanol–water partition coefficient (Wildman–Crippen LogP) is 1.20. The van der Waals surface area contributed by atoms with Gasteiger partial charge in [0.25, 0.3) is 0 Å². The van der Waals surface area contributed by atoms with Crippen LogP contribution < -0.4 is 16.8 Å². The number of hydrogen-bond donors (Lipinski definition) is 3. The van der Waals surface area contributed by atoms with Gasteiger partial charge in [0.15, 0.2) is 0 Å². The van der Waals surface area contributed by atoms with Crippen LogP contribution >= 0.6 is 0 Å². The van der Waals surface area contributed by atoms with E-state index >= 15 is 0 Å². The maximum atomic E-state index is 5.52. The van der Waals surface area contributed by atoms with E-state index in [1.54, 1.807) is 12.3 Å². The molecule has 4 nitrogen and oxygen atoms in total. The highest BCUT2D eigenvalue weighted by Gasteiger charge is 2.15. The summed E-state index contributed by atoms with van der Waals surface area (Å²) in [6, 6.07) is 3.70. The zero-order chi connectivity index (χ0) is 10.6. The van der Waals surface area contributed by atoms with Crippen LogP contribution in [0, 0.1) is 0 Å². The first-order valence-electron chi connectivity index (χ1n) is 4.73. The number of hydrogen-bond acceptors (Lipinski definition) is 4. The molecule has 0 bridgehead atoms. The fourth-order valence-corrected chi connectivity index (χ4v) is 1.29. The fourth-order valence-electron chi connectivity index (χ4n) is 1.29. The lowest BCUT2D eigenvalue weighted by molar-refractivity contribution is 0.526. The number of anilines is 2. The lowest BCUT2D eigenvalue weighted by Gasteiger charge is -2.26. The first kappa shape index (κ1) is 10.8. The van der Waals surface area contributed by atoms with Gasteiger partial charge in [-0.2, -0.15) is 0 Å². The van der Waals surface area contributed by atoms with E-state index in [0.29, 0.717) is 12.4 Å². The second-order valence-electron chi connectivity index (χ2n) is 4.02. The molecule has 14 heavy (non-hydrogen) atoms. The molecule has 0 radical (unpaired) electrons. The Morgan fingerprint density at radius 2 is 2.14 bits per heavy atom. The van der Waals surface area contributed by atoms with Crippen LogP contribution in [0.15, 0.2) is 18.3 Å². The van der Waals surface area contributed by atoms with Crippen molar-refractivity contribution in [2.75, 3.05) is 17.6 Å². The van der Waals surface area contributed by atoms with Crippen LogP contribution in [0.2, 0.25) is 0 Å². The Balaban J connectivity index is 2.64. The van der Waals surface area contributed by atoms with E-state index in [4.69, 9.17) is 11.5 Å². The molecule has 0 aliphatic rings. The summed E-state index contributed by atoms with van der Waals surface area (Å²) >= 11 is 0. The van der Waals surface area contributed by atoms with Crippen molar-refractivity contribution in [3.8, 4) is 0 Å². The van der Waals surface area contributed by atoms with Crippen molar-refractivity contribution in [3.05, 3.63) is 18.3 Å². The van der Waals surface area contributed by atoms with Crippen LogP contribution in [0.5, 0.6) is 0 Å². The van der Waals surface area contributed by atoms with Crippen LogP contribution in [-0.2, 0) is 0 Å². The minimum Gasteiger partial charge on any atom is -0.384 e. The van der Waals surface area contributed by atoms with Crippen molar-refractivity contribution in [2.24, 2.45) is 5.73 Å². The van der Waals surface area contributed by atoms with E-state index in [1.807, 2.05) is 6.07 Å². The highest BCUT2D eigenvalue weighted by molar-refractivity contribution is 5.46. The summed E-state index contributed by atoms with van der Waals surface area (Å²) in [4.78, 5) is 4.01. The number of nitrogen functional groups attached to an aromatic ring is 1. The third-order valence-corrected chi connectivity index (χ3v) is 2.04. The number of nitrogens with two attached hydrogens (primary N) is 2. The number of pyridine rings is 1. The van der Waals surface area contributed by atoms with Crippen LogP contribution in [-0.4, -0.2) is 17.1 Å². The van der Waals surface area contributed by atoms with Gasteiger partial charge in [0.1, 0.15) is 5.82 Å². The highest BCUT2D eigenvalue weighted by atomic mass is 15.0. The Hall–Kier alpha value is -1.29. The van der Waals surface area contributed by atoms with Gasteiger partial charge in [-0.3, -0.25) is 0 Å². The summed E-state index contributed by atoms with van der Waals surface area (Å²) in [5.41, 5.74) is 12.0. The molecule has 0 aliphatic carbocycles. The van der Waals surface area contributed by atoms with Gasteiger partial charge >= 0.3 is 0 Å². The van der Waals surface area contributed by atoms with Crippen molar-refractivity contribution < 1.29 is 0 Å². The largest absolute Gasteiger partial charge is 0.384 e. The van der Waals surface area contributed by atoms with Crippen molar-refractivity contribution in [1.29, 1.82) is 0 Å². The average molecular weight is 194 g/mol. The zero-order valence-corrected chi connectivity index (χ0v) is 8.75. The van der Waals surface area contributed by atoms with Gasteiger partial charge in [-0.15, -0.1) is 0 Å². The molecule has 1 rings (SSSR count). The van der Waals surface area contributed by atoms with Crippen LogP contribution in [0.3, 0.4) is 0 Å². The van der Waals surface area contributed by atoms with E-state index in [0.717, 1.165) is 12.1 Å². The van der Waals surface area contributed by atoms with Gasteiger partial charge in [0.2, 0.25) is 0 Å². The summed E-state index contributed by atoms with van der Waals surface area (Å²) in [6.45, 7) is 4.88. The third kappa shape index (κ3) is 3.22. The first-order chi connectivity index (χ1) is 6.53. The monoisotopic (exact) mass is 194 g/mol. The minimum absolute atomic E-state index is 0.00740. The molecule has 0 saturated carbocycles. The minimum atomic E-state index is -0.00740. The number of nitrogens with zero attached hydrogens (tertiary/aromatic N) is 1. The molecule has 78 valence electrons. The van der Waals surface area contributed by atoms with Gasteiger partial charge in [-0.05, 0) is 38.9 Å². The lowest BCUT2D eigenvalue weighted by Crippen LogP contribution is -2.33. The summed E-state index contributed by atoms with van der Waals surface area (Å²) in [5.74, 6) is 0.534. The number of nitrogens with one attached hydrogen (secondary N) is 1. The molecule has 0 saturated heterocycles. The maximum absolute atomic E-state index is 5.52. The SMILES string of the molecule is CC(C)(CCN)Nc1ccc(N)nc1. The molecule has 0 spiro atoms. The van der Waals surface area contributed by atoms with Crippen molar-refractivity contribution in [1.82, 2.24) is 4.98 Å². The molecule has 0 amide bonds. The molecular weight excluding hydrogens is 176 g/mol. The zero-order valence-electron chi connectivity index (χ0n) is 8.75. The summed E-state index contributed by atoms with van der Waals surface area (Å²) < 4.78 is 0. The Labute approximate surface area is 84.7 Å². The summed E-state index contributed by atoms with van der Waals surface area (Å²) in [5, 5.41) is 3.35. The molecule has 0 atom stereocenters. The third-order valence-electron chi connectivity index (χ3n) is 2.04. The Kier molecular flexibility index (Phi) is 3.30. The van der Waals surface area contributed by atoms with Gasteiger partial charge in [-0.1, -0.05) is 0 Å². The van der Waals surface area contributed by atoms with E-state index in [2.05, 4.69) is 24.1 Å². The standard InChI is InChI=1S/C10H18N4/c1-10(2,5-6-11)14-8-3-4-9(12)13-7-8/h3-4,7,14H,5-6,11H2,1-2H3,(H2,12,13). The Morgan fingerprint density at radius 1 is 1.43 bits per heavy atom. The predicted molar refractivity (Wildman–Crippen MR) is 60.0 cm³/mol. The molecular formula is C10H18N4. The van der Waals surface area contributed by atoms with Gasteiger partial charge in [0, 0.05) is 5.54 Å². The highest BCUT2D eigenvalue weighted by Crippen LogP contribution is 2.17. The van der Waals surface area contributed by atoms with E-state index in [1.165, 1.54) is 0 Å². The molecule has 1 aromatic rings. The second kappa shape index (κ2) is 4.28. The summed E-state index contributed by atoms with van der Waals surface area (Å²) in [7, 11) is 0. The van der Waals surface area contributed by atoms with Gasteiger partial charge < -0.3 is 16.8 Å². The molecule has 0 unspecified atom stereocenters. The Bertz CT molecular complexity index is 279.